The maximum Gasteiger partial charge on any atom is 0.175 e. The van der Waals surface area contributed by atoms with Gasteiger partial charge in [-0.05, 0) is 46.7 Å². The van der Waals surface area contributed by atoms with Crippen LogP contribution in [0.15, 0.2) is 22.7 Å². The van der Waals surface area contributed by atoms with Gasteiger partial charge in [0.1, 0.15) is 0 Å². The number of halogens is 1. The van der Waals surface area contributed by atoms with Gasteiger partial charge in [0.05, 0.1) is 18.2 Å². The van der Waals surface area contributed by atoms with Crippen molar-refractivity contribution in [3.8, 4) is 11.5 Å². The fourth-order valence-corrected chi connectivity index (χ4v) is 3.36. The topological polar surface area (TPSA) is 18.5 Å². The molecule has 4 heteroatoms. The zero-order chi connectivity index (χ0) is 13.0. The lowest BCUT2D eigenvalue weighted by Gasteiger charge is -2.27. The molecule has 0 aromatic heterocycles. The van der Waals surface area contributed by atoms with Crippen molar-refractivity contribution in [2.75, 3.05) is 19.5 Å². The Morgan fingerprint density at radius 2 is 2.06 bits per heavy atom. The van der Waals surface area contributed by atoms with Crippen LogP contribution >= 0.6 is 28.6 Å². The standard InChI is InChI=1S/C14H19BrO2S/c1-16-12-6-4-5-11(15)13(12)17-9-14(10-18)7-2-3-8-14/h4-6,18H,2-3,7-10H2,1H3. The van der Waals surface area contributed by atoms with Crippen molar-refractivity contribution in [3.63, 3.8) is 0 Å². The Bertz CT molecular complexity index is 403. The minimum Gasteiger partial charge on any atom is -0.493 e. The number of hydrogen-bond donors (Lipinski definition) is 1. The lowest BCUT2D eigenvalue weighted by atomic mass is 9.90. The molecule has 1 aromatic rings. The SMILES string of the molecule is COc1cccc(Br)c1OCC1(CS)CCCC1. The Morgan fingerprint density at radius 1 is 1.33 bits per heavy atom. The van der Waals surface area contributed by atoms with E-state index in [-0.39, 0.29) is 5.41 Å². The van der Waals surface area contributed by atoms with Crippen LogP contribution in [0.4, 0.5) is 0 Å². The Labute approximate surface area is 123 Å². The van der Waals surface area contributed by atoms with E-state index >= 15 is 0 Å². The highest BCUT2D eigenvalue weighted by Crippen LogP contribution is 2.41. The molecule has 0 unspecified atom stereocenters. The summed E-state index contributed by atoms with van der Waals surface area (Å²) in [5.41, 5.74) is 0.239. The molecule has 0 radical (unpaired) electrons. The first-order chi connectivity index (χ1) is 8.71. The van der Waals surface area contributed by atoms with Crippen LogP contribution in [0.2, 0.25) is 0 Å². The molecular formula is C14H19BrO2S. The summed E-state index contributed by atoms with van der Waals surface area (Å²) < 4.78 is 12.3. The third-order valence-corrected chi connectivity index (χ3v) is 4.97. The van der Waals surface area contributed by atoms with Crippen LogP contribution in [0.3, 0.4) is 0 Å². The smallest absolute Gasteiger partial charge is 0.175 e. The van der Waals surface area contributed by atoms with E-state index in [0.717, 1.165) is 28.3 Å². The van der Waals surface area contributed by atoms with Crippen LogP contribution in [0, 0.1) is 5.41 Å². The van der Waals surface area contributed by atoms with E-state index in [1.807, 2.05) is 18.2 Å². The number of thiol groups is 1. The van der Waals surface area contributed by atoms with E-state index in [0.29, 0.717) is 0 Å². The first kappa shape index (κ1) is 14.1. The van der Waals surface area contributed by atoms with E-state index in [4.69, 9.17) is 9.47 Å². The molecule has 0 spiro atoms. The molecule has 1 fully saturated rings. The molecule has 0 N–H and O–H groups in total. The summed E-state index contributed by atoms with van der Waals surface area (Å²) in [6.45, 7) is 0.718. The third-order valence-electron chi connectivity index (χ3n) is 3.67. The van der Waals surface area contributed by atoms with Gasteiger partial charge in [0.15, 0.2) is 11.5 Å². The summed E-state index contributed by atoms with van der Waals surface area (Å²) in [5.74, 6) is 2.46. The fraction of sp³-hybridized carbons (Fsp3) is 0.571. The van der Waals surface area contributed by atoms with Crippen LogP contribution in [-0.2, 0) is 0 Å². The largest absolute Gasteiger partial charge is 0.493 e. The number of ether oxygens (including phenoxy) is 2. The second kappa shape index (κ2) is 6.20. The summed E-state index contributed by atoms with van der Waals surface area (Å²) in [6.07, 6.45) is 5.00. The molecule has 1 aliphatic carbocycles. The van der Waals surface area contributed by atoms with Gasteiger partial charge in [0.2, 0.25) is 0 Å². The minimum absolute atomic E-state index is 0.239. The Kier molecular flexibility index (Phi) is 4.84. The highest BCUT2D eigenvalue weighted by atomic mass is 79.9. The predicted octanol–water partition coefficient (Wildman–Crippen LogP) is 4.33. The molecule has 18 heavy (non-hydrogen) atoms. The van der Waals surface area contributed by atoms with Gasteiger partial charge in [-0.3, -0.25) is 0 Å². The number of hydrogen-bond acceptors (Lipinski definition) is 3. The van der Waals surface area contributed by atoms with Crippen molar-refractivity contribution in [2.45, 2.75) is 25.7 Å². The van der Waals surface area contributed by atoms with Gasteiger partial charge >= 0.3 is 0 Å². The number of methoxy groups -OCH3 is 1. The zero-order valence-electron chi connectivity index (χ0n) is 10.6. The first-order valence-electron chi connectivity index (χ1n) is 6.27. The van der Waals surface area contributed by atoms with Crippen molar-refractivity contribution in [1.29, 1.82) is 0 Å². The van der Waals surface area contributed by atoms with Crippen LogP contribution in [0.1, 0.15) is 25.7 Å². The third kappa shape index (κ3) is 2.97. The number of rotatable bonds is 5. The summed E-state index contributed by atoms with van der Waals surface area (Å²) in [5, 5.41) is 0. The number of para-hydroxylation sites is 1. The van der Waals surface area contributed by atoms with Crippen molar-refractivity contribution >= 4 is 28.6 Å². The van der Waals surface area contributed by atoms with Crippen molar-refractivity contribution in [2.24, 2.45) is 5.41 Å². The molecule has 100 valence electrons. The number of benzene rings is 1. The molecule has 1 aliphatic rings. The normalized spacial score (nSPS) is 17.7. The summed E-state index contributed by atoms with van der Waals surface area (Å²) >= 11 is 8.01. The molecule has 2 nitrogen and oxygen atoms in total. The average molecular weight is 331 g/mol. The van der Waals surface area contributed by atoms with Crippen LogP contribution in [0.5, 0.6) is 11.5 Å². The molecule has 1 aromatic carbocycles. The molecule has 0 amide bonds. The van der Waals surface area contributed by atoms with Crippen molar-refractivity contribution in [1.82, 2.24) is 0 Å². The van der Waals surface area contributed by atoms with Crippen molar-refractivity contribution < 1.29 is 9.47 Å². The Morgan fingerprint density at radius 3 is 2.67 bits per heavy atom. The van der Waals surface area contributed by atoms with E-state index in [2.05, 4.69) is 28.6 Å². The summed E-state index contributed by atoms with van der Waals surface area (Å²) in [7, 11) is 1.67. The molecule has 2 rings (SSSR count). The predicted molar refractivity (Wildman–Crippen MR) is 80.9 cm³/mol. The highest BCUT2D eigenvalue weighted by Gasteiger charge is 2.33. The van der Waals surface area contributed by atoms with Gasteiger partial charge in [-0.25, -0.2) is 0 Å². The molecular weight excluding hydrogens is 312 g/mol. The summed E-state index contributed by atoms with van der Waals surface area (Å²) in [4.78, 5) is 0. The van der Waals surface area contributed by atoms with Gasteiger partial charge < -0.3 is 9.47 Å². The van der Waals surface area contributed by atoms with Gasteiger partial charge in [0, 0.05) is 5.41 Å². The molecule has 0 aliphatic heterocycles. The Hall–Kier alpha value is -0.350. The van der Waals surface area contributed by atoms with Gasteiger partial charge in [0.25, 0.3) is 0 Å². The molecule has 0 heterocycles. The molecule has 0 bridgehead atoms. The van der Waals surface area contributed by atoms with Gasteiger partial charge in [-0.1, -0.05) is 18.9 Å². The lowest BCUT2D eigenvalue weighted by Crippen LogP contribution is -2.27. The van der Waals surface area contributed by atoms with Crippen LogP contribution < -0.4 is 9.47 Å². The lowest BCUT2D eigenvalue weighted by molar-refractivity contribution is 0.167. The second-order valence-electron chi connectivity index (χ2n) is 4.93. The monoisotopic (exact) mass is 330 g/mol. The van der Waals surface area contributed by atoms with Gasteiger partial charge in [-0.15, -0.1) is 0 Å². The molecule has 1 saturated carbocycles. The molecule has 0 atom stereocenters. The maximum absolute atomic E-state index is 6.02. The Balaban J connectivity index is 2.10. The quantitative estimate of drug-likeness (QED) is 0.810. The van der Waals surface area contributed by atoms with E-state index in [1.165, 1.54) is 25.7 Å². The second-order valence-corrected chi connectivity index (χ2v) is 6.10. The fourth-order valence-electron chi connectivity index (χ4n) is 2.49. The minimum atomic E-state index is 0.239. The summed E-state index contributed by atoms with van der Waals surface area (Å²) in [6, 6.07) is 5.84. The highest BCUT2D eigenvalue weighted by molar-refractivity contribution is 9.10. The van der Waals surface area contributed by atoms with E-state index in [9.17, 15) is 0 Å². The van der Waals surface area contributed by atoms with E-state index < -0.39 is 0 Å². The van der Waals surface area contributed by atoms with E-state index in [1.54, 1.807) is 7.11 Å². The molecule has 0 saturated heterocycles. The van der Waals surface area contributed by atoms with Crippen LogP contribution in [-0.4, -0.2) is 19.5 Å². The average Bonchev–Trinajstić information content (AvgIpc) is 2.86. The van der Waals surface area contributed by atoms with Crippen LogP contribution in [0.25, 0.3) is 0 Å². The zero-order valence-corrected chi connectivity index (χ0v) is 13.1. The van der Waals surface area contributed by atoms with Gasteiger partial charge in [-0.2, -0.15) is 12.6 Å². The maximum atomic E-state index is 6.02. The first-order valence-corrected chi connectivity index (χ1v) is 7.69. The van der Waals surface area contributed by atoms with Crippen molar-refractivity contribution in [3.05, 3.63) is 22.7 Å².